The molecule has 0 aromatic heterocycles. The highest BCUT2D eigenvalue weighted by atomic mass is 35.5. The van der Waals surface area contributed by atoms with Crippen molar-refractivity contribution in [1.82, 2.24) is 4.90 Å². The van der Waals surface area contributed by atoms with Crippen molar-refractivity contribution in [1.29, 1.82) is 0 Å². The summed E-state index contributed by atoms with van der Waals surface area (Å²) in [6.45, 7) is 7.67. The molecule has 2 atom stereocenters. The number of hydrogen-bond donors (Lipinski definition) is 1. The number of likely N-dealkylation sites (tertiary alicyclic amines) is 1. The minimum Gasteiger partial charge on any atom is -0.493 e. The number of nitrogens with two attached hydrogens (primary N) is 1. The van der Waals surface area contributed by atoms with Crippen LogP contribution in [-0.2, 0) is 6.54 Å². The second-order valence-electron chi connectivity index (χ2n) is 7.32. The van der Waals surface area contributed by atoms with Gasteiger partial charge in [0.15, 0.2) is 11.5 Å². The van der Waals surface area contributed by atoms with Gasteiger partial charge in [-0.3, -0.25) is 4.90 Å². The Hall–Kier alpha value is -1.75. The Labute approximate surface area is 169 Å². The fourth-order valence-corrected chi connectivity index (χ4v) is 3.86. The maximum atomic E-state index is 6.09. The van der Waals surface area contributed by atoms with Gasteiger partial charge in [-0.2, -0.15) is 0 Å². The molecule has 0 aliphatic carbocycles. The van der Waals surface area contributed by atoms with Crippen molar-refractivity contribution >= 4 is 12.4 Å². The van der Waals surface area contributed by atoms with Crippen molar-refractivity contribution in [3.63, 3.8) is 0 Å². The molecule has 1 saturated heterocycles. The third-order valence-electron chi connectivity index (χ3n) is 5.07. The Morgan fingerprint density at radius 1 is 1.07 bits per heavy atom. The van der Waals surface area contributed by atoms with Crippen LogP contribution in [0.15, 0.2) is 48.5 Å². The number of para-hydroxylation sites is 1. The summed E-state index contributed by atoms with van der Waals surface area (Å²) in [5.41, 5.74) is 8.64. The molecule has 2 N–H and O–H groups in total. The first kappa shape index (κ1) is 21.5. The average Bonchev–Trinajstić information content (AvgIpc) is 3.06. The molecule has 0 bridgehead atoms. The zero-order valence-corrected chi connectivity index (χ0v) is 17.2. The molecule has 5 heteroatoms. The molecule has 27 heavy (non-hydrogen) atoms. The molecule has 1 aliphatic rings. The smallest absolute Gasteiger partial charge is 0.166 e. The molecular weight excluding hydrogens is 360 g/mol. The van der Waals surface area contributed by atoms with Crippen LogP contribution in [0.25, 0.3) is 0 Å². The van der Waals surface area contributed by atoms with Gasteiger partial charge in [-0.25, -0.2) is 0 Å². The highest BCUT2D eigenvalue weighted by Crippen LogP contribution is 2.36. The summed E-state index contributed by atoms with van der Waals surface area (Å²) in [5, 5.41) is 0. The lowest BCUT2D eigenvalue weighted by molar-refractivity contribution is 0.221. The first-order chi connectivity index (χ1) is 12.6. The van der Waals surface area contributed by atoms with Gasteiger partial charge < -0.3 is 15.2 Å². The van der Waals surface area contributed by atoms with Crippen LogP contribution < -0.4 is 15.2 Å². The van der Waals surface area contributed by atoms with E-state index in [9.17, 15) is 0 Å². The third kappa shape index (κ3) is 5.16. The van der Waals surface area contributed by atoms with Gasteiger partial charge >= 0.3 is 0 Å². The van der Waals surface area contributed by atoms with Gasteiger partial charge in [-0.15, -0.1) is 12.4 Å². The van der Waals surface area contributed by atoms with Gasteiger partial charge in [0.1, 0.15) is 0 Å². The van der Waals surface area contributed by atoms with E-state index in [1.807, 2.05) is 26.0 Å². The highest BCUT2D eigenvalue weighted by Gasteiger charge is 2.33. The minimum absolute atomic E-state index is 0. The van der Waals surface area contributed by atoms with Gasteiger partial charge in [0.05, 0.1) is 13.2 Å². The van der Waals surface area contributed by atoms with E-state index in [1.54, 1.807) is 7.11 Å². The number of rotatable bonds is 7. The molecular formula is C22H31ClN2O2. The molecule has 2 aromatic rings. The summed E-state index contributed by atoms with van der Waals surface area (Å²) in [6.07, 6.45) is 0.109. The summed E-state index contributed by atoms with van der Waals surface area (Å²) in [4.78, 5) is 2.48. The Kier molecular flexibility index (Phi) is 7.96. The van der Waals surface area contributed by atoms with Crippen molar-refractivity contribution < 1.29 is 9.47 Å². The van der Waals surface area contributed by atoms with Crippen molar-refractivity contribution in [2.45, 2.75) is 32.4 Å². The van der Waals surface area contributed by atoms with Crippen LogP contribution >= 0.6 is 12.4 Å². The predicted octanol–water partition coefficient (Wildman–Crippen LogP) is 4.08. The number of halogens is 1. The summed E-state index contributed by atoms with van der Waals surface area (Å²) in [7, 11) is 1.69. The molecule has 3 rings (SSSR count). The van der Waals surface area contributed by atoms with Crippen LogP contribution in [0.5, 0.6) is 11.5 Å². The summed E-state index contributed by atoms with van der Waals surface area (Å²) in [5.74, 6) is 2.63. The lowest BCUT2D eigenvalue weighted by Gasteiger charge is -2.21. The quantitative estimate of drug-likeness (QED) is 0.773. The van der Waals surface area contributed by atoms with E-state index < -0.39 is 0 Å². The molecule has 0 radical (unpaired) electrons. The molecule has 0 spiro atoms. The van der Waals surface area contributed by atoms with E-state index >= 15 is 0 Å². The van der Waals surface area contributed by atoms with Crippen LogP contribution in [-0.4, -0.2) is 37.7 Å². The minimum atomic E-state index is 0. The van der Waals surface area contributed by atoms with E-state index in [-0.39, 0.29) is 18.5 Å². The topological polar surface area (TPSA) is 47.7 Å². The Bertz CT molecular complexity index is 709. The zero-order valence-electron chi connectivity index (χ0n) is 16.4. The Morgan fingerprint density at radius 2 is 1.81 bits per heavy atom. The number of hydrogen-bond acceptors (Lipinski definition) is 4. The van der Waals surface area contributed by atoms with Gasteiger partial charge in [0.25, 0.3) is 0 Å². The molecule has 4 nitrogen and oxygen atoms in total. The van der Waals surface area contributed by atoms with Gasteiger partial charge in [-0.05, 0) is 37.9 Å². The largest absolute Gasteiger partial charge is 0.493 e. The van der Waals surface area contributed by atoms with Crippen molar-refractivity contribution in [2.75, 3.05) is 26.7 Å². The standard InChI is InChI=1S/C22H30N2O2.ClH/c1-16(2)26-22-18(10-7-11-21(22)25-3)13-24-14-19(12-23)20(15-24)17-8-5-4-6-9-17;/h4-11,16,19-20H,12-15,23H2,1-3H3;1H/t19-,20+;/m1./s1. The highest BCUT2D eigenvalue weighted by molar-refractivity contribution is 5.85. The number of benzene rings is 2. The summed E-state index contributed by atoms with van der Waals surface area (Å²) < 4.78 is 11.6. The second-order valence-corrected chi connectivity index (χ2v) is 7.32. The lowest BCUT2D eigenvalue weighted by atomic mass is 9.89. The maximum Gasteiger partial charge on any atom is 0.166 e. The van der Waals surface area contributed by atoms with Gasteiger partial charge in [-0.1, -0.05) is 42.5 Å². The molecule has 1 aliphatic heterocycles. The maximum absolute atomic E-state index is 6.09. The predicted molar refractivity (Wildman–Crippen MR) is 113 cm³/mol. The van der Waals surface area contributed by atoms with E-state index in [0.29, 0.717) is 18.4 Å². The van der Waals surface area contributed by atoms with Crippen LogP contribution in [0.1, 0.15) is 30.9 Å². The molecule has 0 saturated carbocycles. The van der Waals surface area contributed by atoms with E-state index in [1.165, 1.54) is 11.1 Å². The molecule has 1 heterocycles. The third-order valence-corrected chi connectivity index (χ3v) is 5.07. The SMILES string of the molecule is COc1cccc(CN2C[C@@H](CN)[C@H](c3ccccc3)C2)c1OC(C)C.Cl. The molecule has 148 valence electrons. The number of ether oxygens (including phenoxy) is 2. The van der Waals surface area contributed by atoms with E-state index in [4.69, 9.17) is 15.2 Å². The summed E-state index contributed by atoms with van der Waals surface area (Å²) >= 11 is 0. The van der Waals surface area contributed by atoms with Crippen LogP contribution in [0.4, 0.5) is 0 Å². The van der Waals surface area contributed by atoms with Crippen molar-refractivity contribution in [3.8, 4) is 11.5 Å². The fraction of sp³-hybridized carbons (Fsp3) is 0.455. The van der Waals surface area contributed by atoms with Crippen LogP contribution in [0.3, 0.4) is 0 Å². The Balaban J connectivity index is 0.00000261. The average molecular weight is 391 g/mol. The van der Waals surface area contributed by atoms with Crippen molar-refractivity contribution in [2.24, 2.45) is 11.7 Å². The van der Waals surface area contributed by atoms with Gasteiger partial charge in [0.2, 0.25) is 0 Å². The fourth-order valence-electron chi connectivity index (χ4n) is 3.86. The molecule has 1 fully saturated rings. The van der Waals surface area contributed by atoms with E-state index in [0.717, 1.165) is 31.1 Å². The first-order valence-electron chi connectivity index (χ1n) is 9.42. The zero-order chi connectivity index (χ0) is 18.5. The lowest BCUT2D eigenvalue weighted by Crippen LogP contribution is -2.23. The molecule has 0 unspecified atom stereocenters. The molecule has 2 aromatic carbocycles. The van der Waals surface area contributed by atoms with Crippen LogP contribution in [0.2, 0.25) is 0 Å². The normalized spacial score (nSPS) is 19.7. The van der Waals surface area contributed by atoms with Crippen molar-refractivity contribution in [3.05, 3.63) is 59.7 Å². The van der Waals surface area contributed by atoms with Gasteiger partial charge in [0, 0.05) is 31.1 Å². The summed E-state index contributed by atoms with van der Waals surface area (Å²) in [6, 6.07) is 16.9. The Morgan fingerprint density at radius 3 is 2.44 bits per heavy atom. The monoisotopic (exact) mass is 390 g/mol. The number of methoxy groups -OCH3 is 1. The number of nitrogens with zero attached hydrogens (tertiary/aromatic N) is 1. The molecule has 0 amide bonds. The second kappa shape index (κ2) is 9.98. The van der Waals surface area contributed by atoms with Crippen LogP contribution in [0, 0.1) is 5.92 Å². The first-order valence-corrected chi connectivity index (χ1v) is 9.42. The van der Waals surface area contributed by atoms with E-state index in [2.05, 4.69) is 41.3 Å².